The lowest BCUT2D eigenvalue weighted by Gasteiger charge is -2.10. The maximum Gasteiger partial charge on any atom is 0.224 e. The van der Waals surface area contributed by atoms with Gasteiger partial charge in [0.1, 0.15) is 0 Å². The first kappa shape index (κ1) is 14.5. The summed E-state index contributed by atoms with van der Waals surface area (Å²) in [4.78, 5) is 12.0. The average Bonchev–Trinajstić information content (AvgIpc) is 2.30. The number of hydrogen-bond donors (Lipinski definition) is 1. The predicted molar refractivity (Wildman–Crippen MR) is 75.8 cm³/mol. The van der Waals surface area contributed by atoms with Crippen molar-refractivity contribution in [3.05, 3.63) is 34.9 Å². The van der Waals surface area contributed by atoms with E-state index in [1.54, 1.807) is 12.1 Å². The second-order valence-corrected chi connectivity index (χ2v) is 5.72. The van der Waals surface area contributed by atoms with Crippen molar-refractivity contribution in [3.63, 3.8) is 0 Å². The molecule has 1 amide bonds. The third-order valence-corrected chi connectivity index (χ3v) is 3.43. The van der Waals surface area contributed by atoms with E-state index in [1.165, 1.54) is 0 Å². The van der Waals surface area contributed by atoms with E-state index in [1.807, 2.05) is 12.1 Å². The molecule has 0 fully saturated rings. The van der Waals surface area contributed by atoms with Crippen LogP contribution in [0.4, 0.5) is 0 Å². The van der Waals surface area contributed by atoms with E-state index in [9.17, 15) is 4.79 Å². The second-order valence-electron chi connectivity index (χ2n) is 3.99. The van der Waals surface area contributed by atoms with Gasteiger partial charge >= 0.3 is 0 Å². The van der Waals surface area contributed by atoms with Crippen LogP contribution in [0.25, 0.3) is 0 Å². The first-order valence-corrected chi connectivity index (χ1v) is 7.06. The molecule has 0 radical (unpaired) electrons. The van der Waals surface area contributed by atoms with Crippen LogP contribution in [0.1, 0.15) is 25.3 Å². The number of benzene rings is 1. The highest BCUT2D eigenvalue weighted by molar-refractivity contribution is 9.09. The molecule has 0 spiro atoms. The quantitative estimate of drug-likeness (QED) is 0.798. The molecular weight excluding hydrogens is 302 g/mol. The van der Waals surface area contributed by atoms with Gasteiger partial charge in [-0.3, -0.25) is 4.79 Å². The molecule has 4 heteroatoms. The Labute approximate surface area is 116 Å². The van der Waals surface area contributed by atoms with Crippen molar-refractivity contribution in [1.29, 1.82) is 0 Å². The van der Waals surface area contributed by atoms with E-state index >= 15 is 0 Å². The monoisotopic (exact) mass is 317 g/mol. The second kappa shape index (κ2) is 7.72. The van der Waals surface area contributed by atoms with Gasteiger partial charge in [-0.1, -0.05) is 53.0 Å². The molecule has 0 saturated heterocycles. The van der Waals surface area contributed by atoms with E-state index in [0.29, 0.717) is 22.8 Å². The van der Waals surface area contributed by atoms with Crippen LogP contribution in [0.3, 0.4) is 0 Å². The molecule has 1 atom stereocenters. The minimum Gasteiger partial charge on any atom is -0.355 e. The summed E-state index contributed by atoms with van der Waals surface area (Å²) >= 11 is 9.31. The molecule has 0 aliphatic rings. The van der Waals surface area contributed by atoms with Crippen LogP contribution in [0.5, 0.6) is 0 Å². The van der Waals surface area contributed by atoms with Gasteiger partial charge in [0, 0.05) is 16.4 Å². The van der Waals surface area contributed by atoms with Gasteiger partial charge in [0.25, 0.3) is 0 Å². The van der Waals surface area contributed by atoms with Crippen LogP contribution >= 0.6 is 27.5 Å². The van der Waals surface area contributed by atoms with Crippen LogP contribution in [0.2, 0.25) is 5.02 Å². The molecule has 0 heterocycles. The molecule has 0 saturated carbocycles. The Morgan fingerprint density at radius 1 is 1.41 bits per heavy atom. The van der Waals surface area contributed by atoms with Gasteiger partial charge in [0.05, 0.1) is 6.42 Å². The molecule has 1 aromatic rings. The Morgan fingerprint density at radius 2 is 2.06 bits per heavy atom. The van der Waals surface area contributed by atoms with Crippen LogP contribution in [-0.4, -0.2) is 17.3 Å². The van der Waals surface area contributed by atoms with Gasteiger partial charge in [-0.2, -0.15) is 0 Å². The number of amides is 1. The minimum absolute atomic E-state index is 0.0490. The summed E-state index contributed by atoms with van der Waals surface area (Å²) in [7, 11) is 0. The van der Waals surface area contributed by atoms with Gasteiger partial charge in [0.2, 0.25) is 5.91 Å². The highest BCUT2D eigenvalue weighted by Gasteiger charge is 2.06. The number of carbonyl (C=O) groups excluding carboxylic acids is 1. The number of carbonyl (C=O) groups is 1. The van der Waals surface area contributed by atoms with E-state index < -0.39 is 0 Å². The van der Waals surface area contributed by atoms with Crippen LogP contribution in [-0.2, 0) is 11.2 Å². The summed E-state index contributed by atoms with van der Waals surface area (Å²) in [5, 5.41) is 3.60. The zero-order chi connectivity index (χ0) is 12.7. The highest BCUT2D eigenvalue weighted by atomic mass is 79.9. The molecule has 0 aromatic heterocycles. The smallest absolute Gasteiger partial charge is 0.224 e. The maximum atomic E-state index is 11.6. The topological polar surface area (TPSA) is 29.1 Å². The SMILES string of the molecule is CCCC(Br)CNC(=O)Cc1ccc(Cl)cc1. The largest absolute Gasteiger partial charge is 0.355 e. The Hall–Kier alpha value is -0.540. The zero-order valence-electron chi connectivity index (χ0n) is 9.88. The van der Waals surface area contributed by atoms with Crippen molar-refractivity contribution < 1.29 is 4.79 Å². The summed E-state index contributed by atoms with van der Waals surface area (Å²) in [6, 6.07) is 7.35. The first-order chi connectivity index (χ1) is 8.11. The van der Waals surface area contributed by atoms with E-state index in [2.05, 4.69) is 28.2 Å². The van der Waals surface area contributed by atoms with Gasteiger partial charge in [-0.05, 0) is 24.1 Å². The molecule has 1 rings (SSSR count). The fourth-order valence-electron chi connectivity index (χ4n) is 1.49. The van der Waals surface area contributed by atoms with Crippen molar-refractivity contribution in [2.24, 2.45) is 0 Å². The number of hydrogen-bond acceptors (Lipinski definition) is 1. The molecule has 1 aromatic carbocycles. The van der Waals surface area contributed by atoms with Crippen LogP contribution in [0.15, 0.2) is 24.3 Å². The first-order valence-electron chi connectivity index (χ1n) is 5.77. The lowest BCUT2D eigenvalue weighted by atomic mass is 10.1. The van der Waals surface area contributed by atoms with Gasteiger partial charge in [-0.25, -0.2) is 0 Å². The Balaban J connectivity index is 2.32. The number of alkyl halides is 1. The Bertz CT molecular complexity index is 353. The standard InChI is InChI=1S/C13H17BrClNO/c1-2-3-11(14)9-16-13(17)8-10-4-6-12(15)7-5-10/h4-7,11H,2-3,8-9H2,1H3,(H,16,17). The summed E-state index contributed by atoms with van der Waals surface area (Å²) in [5.74, 6) is 0.0490. The molecule has 17 heavy (non-hydrogen) atoms. The molecule has 0 aliphatic carbocycles. The summed E-state index contributed by atoms with van der Waals surface area (Å²) in [6.07, 6.45) is 2.59. The minimum atomic E-state index is 0.0490. The average molecular weight is 319 g/mol. The van der Waals surface area contributed by atoms with Gasteiger partial charge in [0.15, 0.2) is 0 Å². The molecule has 2 nitrogen and oxygen atoms in total. The third-order valence-electron chi connectivity index (χ3n) is 2.40. The van der Waals surface area contributed by atoms with Gasteiger partial charge < -0.3 is 5.32 Å². The third kappa shape index (κ3) is 6.08. The van der Waals surface area contributed by atoms with E-state index in [-0.39, 0.29) is 5.91 Å². The van der Waals surface area contributed by atoms with Crippen molar-refractivity contribution >= 4 is 33.4 Å². The summed E-state index contributed by atoms with van der Waals surface area (Å²) in [6.45, 7) is 2.81. The molecule has 1 N–H and O–H groups in total. The Kier molecular flexibility index (Phi) is 6.60. The molecule has 0 bridgehead atoms. The van der Waals surface area contributed by atoms with Crippen LogP contribution < -0.4 is 5.32 Å². The fraction of sp³-hybridized carbons (Fsp3) is 0.462. The maximum absolute atomic E-state index is 11.6. The summed E-state index contributed by atoms with van der Waals surface area (Å²) < 4.78 is 0. The molecule has 0 aliphatic heterocycles. The molecular formula is C13H17BrClNO. The van der Waals surface area contributed by atoms with E-state index in [0.717, 1.165) is 18.4 Å². The summed E-state index contributed by atoms with van der Waals surface area (Å²) in [5.41, 5.74) is 0.980. The molecule has 94 valence electrons. The van der Waals surface area contributed by atoms with Crippen molar-refractivity contribution in [3.8, 4) is 0 Å². The number of halogens is 2. The predicted octanol–water partition coefficient (Wildman–Crippen LogP) is 3.56. The van der Waals surface area contributed by atoms with Gasteiger partial charge in [-0.15, -0.1) is 0 Å². The lowest BCUT2D eigenvalue weighted by molar-refractivity contribution is -0.120. The lowest BCUT2D eigenvalue weighted by Crippen LogP contribution is -2.30. The zero-order valence-corrected chi connectivity index (χ0v) is 12.2. The number of rotatable bonds is 6. The highest BCUT2D eigenvalue weighted by Crippen LogP contribution is 2.10. The normalized spacial score (nSPS) is 12.2. The van der Waals surface area contributed by atoms with Crippen molar-refractivity contribution in [1.82, 2.24) is 5.32 Å². The molecule has 1 unspecified atom stereocenters. The van der Waals surface area contributed by atoms with E-state index in [4.69, 9.17) is 11.6 Å². The fourth-order valence-corrected chi connectivity index (χ4v) is 2.24. The van der Waals surface area contributed by atoms with Crippen molar-refractivity contribution in [2.45, 2.75) is 31.0 Å². The Morgan fingerprint density at radius 3 is 2.65 bits per heavy atom. The van der Waals surface area contributed by atoms with Crippen molar-refractivity contribution in [2.75, 3.05) is 6.54 Å². The van der Waals surface area contributed by atoms with Crippen LogP contribution in [0, 0.1) is 0 Å². The number of nitrogens with one attached hydrogen (secondary N) is 1.